The summed E-state index contributed by atoms with van der Waals surface area (Å²) in [5, 5.41) is 6.08. The Morgan fingerprint density at radius 1 is 1.39 bits per heavy atom. The van der Waals surface area contributed by atoms with Crippen LogP contribution in [0.3, 0.4) is 0 Å². The molecule has 0 bridgehead atoms. The van der Waals surface area contributed by atoms with E-state index in [0.29, 0.717) is 18.2 Å². The zero-order valence-electron chi connectivity index (χ0n) is 11.5. The number of hydrogen-bond donors (Lipinski definition) is 2. The van der Waals surface area contributed by atoms with Crippen molar-refractivity contribution < 1.29 is 4.79 Å². The van der Waals surface area contributed by atoms with Gasteiger partial charge in [0.05, 0.1) is 0 Å². The molecule has 18 heavy (non-hydrogen) atoms. The standard InChI is InChI=1S/C14H23N3O/c1-4-9-15-13-8-6-7-12(17-13)14(18)16-10-11(3)5-2/h6-8,11H,4-5,9-10H2,1-3H3,(H,15,17)(H,16,18). The Morgan fingerprint density at radius 2 is 2.17 bits per heavy atom. The largest absolute Gasteiger partial charge is 0.370 e. The van der Waals surface area contributed by atoms with Crippen LogP contribution >= 0.6 is 0 Å². The van der Waals surface area contributed by atoms with Crippen molar-refractivity contribution in [2.75, 3.05) is 18.4 Å². The minimum absolute atomic E-state index is 0.101. The third-order valence-corrected chi connectivity index (χ3v) is 2.85. The smallest absolute Gasteiger partial charge is 0.269 e. The van der Waals surface area contributed by atoms with Gasteiger partial charge in [0.25, 0.3) is 5.91 Å². The lowest BCUT2D eigenvalue weighted by molar-refractivity contribution is 0.0943. The minimum Gasteiger partial charge on any atom is -0.370 e. The number of aromatic nitrogens is 1. The number of hydrogen-bond acceptors (Lipinski definition) is 3. The number of nitrogens with zero attached hydrogens (tertiary/aromatic N) is 1. The fraction of sp³-hybridized carbons (Fsp3) is 0.571. The summed E-state index contributed by atoms with van der Waals surface area (Å²) in [6, 6.07) is 5.47. The number of anilines is 1. The molecule has 1 rings (SSSR count). The van der Waals surface area contributed by atoms with E-state index >= 15 is 0 Å². The van der Waals surface area contributed by atoms with Gasteiger partial charge in [-0.15, -0.1) is 0 Å². The Bertz CT molecular complexity index is 379. The Morgan fingerprint density at radius 3 is 2.83 bits per heavy atom. The number of carbonyl (C=O) groups excluding carboxylic acids is 1. The van der Waals surface area contributed by atoms with Gasteiger partial charge in [0.15, 0.2) is 0 Å². The highest BCUT2D eigenvalue weighted by Gasteiger charge is 2.08. The van der Waals surface area contributed by atoms with Crippen LogP contribution in [0.25, 0.3) is 0 Å². The molecule has 1 atom stereocenters. The zero-order valence-corrected chi connectivity index (χ0v) is 11.5. The Kier molecular flexibility index (Phi) is 6.19. The second-order valence-corrected chi connectivity index (χ2v) is 4.56. The highest BCUT2D eigenvalue weighted by Crippen LogP contribution is 2.05. The number of carbonyl (C=O) groups is 1. The SMILES string of the molecule is CCCNc1cccc(C(=O)NCC(C)CC)n1. The van der Waals surface area contributed by atoms with Crippen LogP contribution in [0.15, 0.2) is 18.2 Å². The molecule has 0 radical (unpaired) electrons. The lowest BCUT2D eigenvalue weighted by atomic mass is 10.1. The molecule has 0 aliphatic heterocycles. The van der Waals surface area contributed by atoms with E-state index < -0.39 is 0 Å². The molecule has 0 saturated heterocycles. The van der Waals surface area contributed by atoms with Gasteiger partial charge in [0.2, 0.25) is 0 Å². The molecule has 4 heteroatoms. The topological polar surface area (TPSA) is 54.0 Å². The molecule has 0 spiro atoms. The van der Waals surface area contributed by atoms with Crippen LogP contribution < -0.4 is 10.6 Å². The molecule has 2 N–H and O–H groups in total. The predicted octanol–water partition coefficient (Wildman–Crippen LogP) is 2.68. The molecule has 0 aliphatic rings. The quantitative estimate of drug-likeness (QED) is 0.781. The first kappa shape index (κ1) is 14.5. The Hall–Kier alpha value is -1.58. The van der Waals surface area contributed by atoms with Crippen molar-refractivity contribution in [2.45, 2.75) is 33.6 Å². The molecule has 0 fully saturated rings. The number of pyridine rings is 1. The summed E-state index contributed by atoms with van der Waals surface area (Å²) in [6.07, 6.45) is 2.10. The van der Waals surface area contributed by atoms with Crippen LogP contribution in [0, 0.1) is 5.92 Å². The van der Waals surface area contributed by atoms with Gasteiger partial charge < -0.3 is 10.6 Å². The average molecular weight is 249 g/mol. The normalized spacial score (nSPS) is 11.9. The molecule has 0 aromatic carbocycles. The second kappa shape index (κ2) is 7.69. The summed E-state index contributed by atoms with van der Waals surface area (Å²) < 4.78 is 0. The summed E-state index contributed by atoms with van der Waals surface area (Å²) in [7, 11) is 0. The minimum atomic E-state index is -0.101. The second-order valence-electron chi connectivity index (χ2n) is 4.56. The Labute approximate surface area is 109 Å². The van der Waals surface area contributed by atoms with E-state index in [1.54, 1.807) is 6.07 Å². The number of nitrogens with one attached hydrogen (secondary N) is 2. The molecular weight excluding hydrogens is 226 g/mol. The van der Waals surface area contributed by atoms with Gasteiger partial charge in [-0.25, -0.2) is 4.98 Å². The highest BCUT2D eigenvalue weighted by atomic mass is 16.1. The lowest BCUT2D eigenvalue weighted by Crippen LogP contribution is -2.28. The van der Waals surface area contributed by atoms with Crippen molar-refractivity contribution in [2.24, 2.45) is 5.92 Å². The molecule has 0 saturated carbocycles. The van der Waals surface area contributed by atoms with Gasteiger partial charge >= 0.3 is 0 Å². The molecule has 1 amide bonds. The van der Waals surface area contributed by atoms with E-state index in [1.807, 2.05) is 12.1 Å². The van der Waals surface area contributed by atoms with E-state index in [2.05, 4.69) is 36.4 Å². The van der Waals surface area contributed by atoms with Gasteiger partial charge in [-0.3, -0.25) is 4.79 Å². The highest BCUT2D eigenvalue weighted by molar-refractivity contribution is 5.92. The fourth-order valence-corrected chi connectivity index (χ4v) is 1.41. The number of rotatable bonds is 7. The summed E-state index contributed by atoms with van der Waals surface area (Å²) in [6.45, 7) is 7.89. The molecule has 4 nitrogen and oxygen atoms in total. The van der Waals surface area contributed by atoms with Gasteiger partial charge in [-0.2, -0.15) is 0 Å². The first-order valence-corrected chi connectivity index (χ1v) is 6.66. The van der Waals surface area contributed by atoms with Crippen molar-refractivity contribution in [1.82, 2.24) is 10.3 Å². The molecule has 1 unspecified atom stereocenters. The van der Waals surface area contributed by atoms with E-state index in [4.69, 9.17) is 0 Å². The average Bonchev–Trinajstić information content (AvgIpc) is 2.42. The third kappa shape index (κ3) is 4.73. The maximum Gasteiger partial charge on any atom is 0.269 e. The van der Waals surface area contributed by atoms with Crippen LogP contribution in [-0.4, -0.2) is 24.0 Å². The van der Waals surface area contributed by atoms with E-state index in [9.17, 15) is 4.79 Å². The molecule has 1 aromatic rings. The monoisotopic (exact) mass is 249 g/mol. The van der Waals surface area contributed by atoms with Crippen molar-refractivity contribution in [3.05, 3.63) is 23.9 Å². The molecule has 1 heterocycles. The lowest BCUT2D eigenvalue weighted by Gasteiger charge is -2.10. The molecule has 100 valence electrons. The van der Waals surface area contributed by atoms with Gasteiger partial charge in [0.1, 0.15) is 11.5 Å². The zero-order chi connectivity index (χ0) is 13.4. The fourth-order valence-electron chi connectivity index (χ4n) is 1.41. The Balaban J connectivity index is 2.56. The van der Waals surface area contributed by atoms with Crippen LogP contribution in [-0.2, 0) is 0 Å². The van der Waals surface area contributed by atoms with Crippen LogP contribution in [0.4, 0.5) is 5.82 Å². The predicted molar refractivity (Wildman–Crippen MR) is 74.8 cm³/mol. The first-order chi connectivity index (χ1) is 8.67. The van der Waals surface area contributed by atoms with E-state index in [1.165, 1.54) is 0 Å². The maximum absolute atomic E-state index is 11.9. The summed E-state index contributed by atoms with van der Waals surface area (Å²) in [5.74, 6) is 1.15. The van der Waals surface area contributed by atoms with Crippen molar-refractivity contribution in [3.63, 3.8) is 0 Å². The third-order valence-electron chi connectivity index (χ3n) is 2.85. The van der Waals surface area contributed by atoms with Crippen molar-refractivity contribution in [1.29, 1.82) is 0 Å². The number of amides is 1. The van der Waals surface area contributed by atoms with Crippen molar-refractivity contribution in [3.8, 4) is 0 Å². The van der Waals surface area contributed by atoms with Crippen LogP contribution in [0.2, 0.25) is 0 Å². The van der Waals surface area contributed by atoms with E-state index in [0.717, 1.165) is 25.2 Å². The van der Waals surface area contributed by atoms with Gasteiger partial charge in [-0.1, -0.05) is 33.3 Å². The van der Waals surface area contributed by atoms with E-state index in [-0.39, 0.29) is 5.91 Å². The van der Waals surface area contributed by atoms with Crippen LogP contribution in [0.5, 0.6) is 0 Å². The van der Waals surface area contributed by atoms with Crippen molar-refractivity contribution >= 4 is 11.7 Å². The first-order valence-electron chi connectivity index (χ1n) is 6.66. The summed E-state index contributed by atoms with van der Waals surface area (Å²) in [4.78, 5) is 16.2. The van der Waals surface area contributed by atoms with Gasteiger partial charge in [0, 0.05) is 13.1 Å². The maximum atomic E-state index is 11.9. The summed E-state index contributed by atoms with van der Waals surface area (Å²) in [5.41, 5.74) is 0.472. The molecule has 1 aromatic heterocycles. The van der Waals surface area contributed by atoms with Crippen LogP contribution in [0.1, 0.15) is 44.1 Å². The molecular formula is C14H23N3O. The van der Waals surface area contributed by atoms with Gasteiger partial charge in [-0.05, 0) is 24.5 Å². The summed E-state index contributed by atoms with van der Waals surface area (Å²) >= 11 is 0. The molecule has 0 aliphatic carbocycles.